The summed E-state index contributed by atoms with van der Waals surface area (Å²) in [5.41, 5.74) is 0. The quantitative estimate of drug-likeness (QED) is 0.493. The molecule has 0 radical (unpaired) electrons. The summed E-state index contributed by atoms with van der Waals surface area (Å²) in [5.74, 6) is -5.76. The fourth-order valence-electron chi connectivity index (χ4n) is 0.673. The number of rotatable bonds is 6. The van der Waals surface area contributed by atoms with Crippen molar-refractivity contribution < 1.29 is 18.7 Å². The van der Waals surface area contributed by atoms with Crippen molar-refractivity contribution in [3.05, 3.63) is 12.2 Å². The van der Waals surface area contributed by atoms with Crippen molar-refractivity contribution in [2.75, 3.05) is 13.1 Å². The van der Waals surface area contributed by atoms with Crippen LogP contribution in [0.15, 0.2) is 12.2 Å². The van der Waals surface area contributed by atoms with Gasteiger partial charge in [-0.1, -0.05) is 12.2 Å². The molecule has 3 nitrogen and oxygen atoms in total. The Morgan fingerprint density at radius 2 is 2.23 bits per heavy atom. The van der Waals surface area contributed by atoms with Crippen molar-refractivity contribution >= 4 is 5.97 Å². The Morgan fingerprint density at radius 3 is 2.69 bits per heavy atom. The second-order valence-corrected chi connectivity index (χ2v) is 2.54. The molecule has 5 heteroatoms. The average molecular weight is 193 g/mol. The van der Waals surface area contributed by atoms with E-state index < -0.39 is 18.4 Å². The standard InChI is InChI=1S/C8H13F2NO2/c1-2-3-4-5-11-6-8(9,10)7(12)13/h2-3,11H,4-6H2,1H3,(H,12,13)/b3-2+. The van der Waals surface area contributed by atoms with Crippen LogP contribution in [0, 0.1) is 0 Å². The van der Waals surface area contributed by atoms with Gasteiger partial charge in [0.05, 0.1) is 6.54 Å². The fourth-order valence-corrected chi connectivity index (χ4v) is 0.673. The number of nitrogens with one attached hydrogen (secondary N) is 1. The second kappa shape index (κ2) is 5.64. The third-order valence-electron chi connectivity index (χ3n) is 1.38. The van der Waals surface area contributed by atoms with Crippen LogP contribution in [-0.4, -0.2) is 30.1 Å². The molecule has 0 aromatic heterocycles. The topological polar surface area (TPSA) is 49.3 Å². The number of carboxylic acids is 1. The van der Waals surface area contributed by atoms with Gasteiger partial charge >= 0.3 is 11.9 Å². The van der Waals surface area contributed by atoms with E-state index in [0.717, 1.165) is 0 Å². The van der Waals surface area contributed by atoms with Crippen LogP contribution in [0.25, 0.3) is 0 Å². The molecule has 0 unspecified atom stereocenters. The molecule has 0 aromatic rings. The normalized spacial score (nSPS) is 12.2. The zero-order chi connectivity index (χ0) is 10.3. The van der Waals surface area contributed by atoms with Crippen molar-refractivity contribution in [1.82, 2.24) is 5.32 Å². The summed E-state index contributed by atoms with van der Waals surface area (Å²) in [6.45, 7) is 1.36. The molecule has 0 aliphatic carbocycles. The van der Waals surface area contributed by atoms with Gasteiger partial charge in [-0.15, -0.1) is 0 Å². The molecule has 0 atom stereocenters. The van der Waals surface area contributed by atoms with Gasteiger partial charge in [-0.2, -0.15) is 8.78 Å². The molecule has 0 spiro atoms. The first kappa shape index (κ1) is 12.0. The Labute approximate surface area is 75.4 Å². The second-order valence-electron chi connectivity index (χ2n) is 2.54. The van der Waals surface area contributed by atoms with Crippen LogP contribution in [0.2, 0.25) is 0 Å². The minimum absolute atomic E-state index is 0.354. The van der Waals surface area contributed by atoms with E-state index in [9.17, 15) is 13.6 Å². The van der Waals surface area contributed by atoms with Gasteiger partial charge < -0.3 is 10.4 Å². The van der Waals surface area contributed by atoms with Crippen LogP contribution >= 0.6 is 0 Å². The zero-order valence-corrected chi connectivity index (χ0v) is 7.39. The Hall–Kier alpha value is -0.970. The highest BCUT2D eigenvalue weighted by Crippen LogP contribution is 2.11. The number of carboxylic acid groups (broad SMARTS) is 1. The first-order valence-electron chi connectivity index (χ1n) is 3.94. The van der Waals surface area contributed by atoms with Crippen LogP contribution in [0.5, 0.6) is 0 Å². The van der Waals surface area contributed by atoms with E-state index in [2.05, 4.69) is 5.32 Å². The van der Waals surface area contributed by atoms with Gasteiger partial charge in [0.15, 0.2) is 0 Å². The van der Waals surface area contributed by atoms with E-state index >= 15 is 0 Å². The number of alkyl halides is 2. The molecule has 0 aliphatic rings. The van der Waals surface area contributed by atoms with Gasteiger partial charge in [0, 0.05) is 0 Å². The van der Waals surface area contributed by atoms with Crippen LogP contribution in [0.3, 0.4) is 0 Å². The first-order valence-corrected chi connectivity index (χ1v) is 3.94. The van der Waals surface area contributed by atoms with Gasteiger partial charge in [-0.05, 0) is 19.9 Å². The summed E-state index contributed by atoms with van der Waals surface area (Å²) in [7, 11) is 0. The highest BCUT2D eigenvalue weighted by atomic mass is 19.3. The minimum atomic E-state index is -3.67. The summed E-state index contributed by atoms with van der Waals surface area (Å²) in [6.07, 6.45) is 4.23. The van der Waals surface area contributed by atoms with Crippen LogP contribution in [0.4, 0.5) is 8.78 Å². The summed E-state index contributed by atoms with van der Waals surface area (Å²) < 4.78 is 24.8. The highest BCUT2D eigenvalue weighted by Gasteiger charge is 2.37. The Kier molecular flexibility index (Phi) is 5.22. The van der Waals surface area contributed by atoms with Gasteiger partial charge in [0.1, 0.15) is 0 Å². The molecular formula is C8H13F2NO2. The summed E-state index contributed by atoms with van der Waals surface area (Å²) in [5, 5.41) is 10.4. The van der Waals surface area contributed by atoms with Crippen molar-refractivity contribution in [2.45, 2.75) is 19.3 Å². The van der Waals surface area contributed by atoms with Crippen molar-refractivity contribution in [2.24, 2.45) is 0 Å². The number of hydrogen-bond donors (Lipinski definition) is 2. The van der Waals surface area contributed by atoms with Crippen molar-refractivity contribution in [1.29, 1.82) is 0 Å². The maximum Gasteiger partial charge on any atom is 0.375 e. The Balaban J connectivity index is 3.58. The molecule has 0 saturated heterocycles. The molecule has 0 aromatic carbocycles. The van der Waals surface area contributed by atoms with Gasteiger partial charge in [-0.25, -0.2) is 4.79 Å². The fraction of sp³-hybridized carbons (Fsp3) is 0.625. The molecule has 76 valence electrons. The third-order valence-corrected chi connectivity index (χ3v) is 1.38. The minimum Gasteiger partial charge on any atom is -0.477 e. The maximum absolute atomic E-state index is 12.4. The lowest BCUT2D eigenvalue weighted by molar-refractivity contribution is -0.163. The van der Waals surface area contributed by atoms with Gasteiger partial charge in [-0.3, -0.25) is 0 Å². The molecule has 0 amide bonds. The van der Waals surface area contributed by atoms with E-state index in [1.54, 1.807) is 6.08 Å². The molecule has 0 bridgehead atoms. The average Bonchev–Trinajstić information content (AvgIpc) is 2.03. The van der Waals surface area contributed by atoms with Gasteiger partial charge in [0.25, 0.3) is 0 Å². The number of carbonyl (C=O) groups is 1. The monoisotopic (exact) mass is 193 g/mol. The lowest BCUT2D eigenvalue weighted by atomic mass is 10.3. The summed E-state index contributed by atoms with van der Waals surface area (Å²) >= 11 is 0. The van der Waals surface area contributed by atoms with E-state index in [-0.39, 0.29) is 0 Å². The van der Waals surface area contributed by atoms with Crippen molar-refractivity contribution in [3.63, 3.8) is 0 Å². The van der Waals surface area contributed by atoms with E-state index in [1.165, 1.54) is 0 Å². The molecule has 0 fully saturated rings. The largest absolute Gasteiger partial charge is 0.477 e. The predicted molar refractivity (Wildman–Crippen MR) is 44.9 cm³/mol. The molecule has 0 aliphatic heterocycles. The van der Waals surface area contributed by atoms with E-state index in [0.29, 0.717) is 13.0 Å². The van der Waals surface area contributed by atoms with Gasteiger partial charge in [0.2, 0.25) is 0 Å². The molecule has 0 heterocycles. The highest BCUT2D eigenvalue weighted by molar-refractivity contribution is 5.75. The number of hydrogen-bond acceptors (Lipinski definition) is 2. The smallest absolute Gasteiger partial charge is 0.375 e. The lowest BCUT2D eigenvalue weighted by Gasteiger charge is -2.10. The van der Waals surface area contributed by atoms with Crippen LogP contribution in [0.1, 0.15) is 13.3 Å². The number of aliphatic carboxylic acids is 1. The maximum atomic E-state index is 12.4. The third kappa shape index (κ3) is 5.30. The summed E-state index contributed by atoms with van der Waals surface area (Å²) in [4.78, 5) is 9.94. The molecule has 0 rings (SSSR count). The Morgan fingerprint density at radius 1 is 1.62 bits per heavy atom. The summed E-state index contributed by atoms with van der Waals surface area (Å²) in [6, 6.07) is 0. The molecule has 13 heavy (non-hydrogen) atoms. The van der Waals surface area contributed by atoms with E-state index in [1.807, 2.05) is 13.0 Å². The lowest BCUT2D eigenvalue weighted by Crippen LogP contribution is -2.39. The predicted octanol–water partition coefficient (Wildman–Crippen LogP) is 1.26. The van der Waals surface area contributed by atoms with Crippen LogP contribution < -0.4 is 5.32 Å². The van der Waals surface area contributed by atoms with Crippen molar-refractivity contribution in [3.8, 4) is 0 Å². The SMILES string of the molecule is C/C=C/CCNCC(F)(F)C(=O)O. The molecule has 0 saturated carbocycles. The Bertz CT molecular complexity index is 193. The number of allylic oxidation sites excluding steroid dienone is 1. The van der Waals surface area contributed by atoms with E-state index in [4.69, 9.17) is 5.11 Å². The molecule has 2 N–H and O–H groups in total. The van der Waals surface area contributed by atoms with Crippen LogP contribution in [-0.2, 0) is 4.79 Å². The number of halogens is 2. The zero-order valence-electron chi connectivity index (χ0n) is 7.39. The first-order chi connectivity index (χ1) is 6.00. The molecular weight excluding hydrogens is 180 g/mol.